The van der Waals surface area contributed by atoms with Gasteiger partial charge in [0.15, 0.2) is 0 Å². The molecule has 0 bridgehead atoms. The molecule has 1 N–H and O–H groups in total. The summed E-state index contributed by atoms with van der Waals surface area (Å²) in [7, 11) is 0. The summed E-state index contributed by atoms with van der Waals surface area (Å²) < 4.78 is 10.4. The molecule has 114 valence electrons. The Labute approximate surface area is 121 Å². The molecule has 1 atom stereocenters. The highest BCUT2D eigenvalue weighted by atomic mass is 16.6. The van der Waals surface area contributed by atoms with Crippen LogP contribution in [0.1, 0.15) is 5.56 Å². The fourth-order valence-corrected chi connectivity index (χ4v) is 1.95. The van der Waals surface area contributed by atoms with Crippen LogP contribution in [0, 0.1) is 10.1 Å². The number of nitro groups is 1. The SMILES string of the molecule is O=C(OCc1ccc([N+](=O)[O-])cc1)N1CCO[C@H](CO)C1. The molecular formula is C13H16N2O6. The van der Waals surface area contributed by atoms with E-state index in [4.69, 9.17) is 14.6 Å². The molecule has 1 aromatic carbocycles. The summed E-state index contributed by atoms with van der Waals surface area (Å²) in [5, 5.41) is 19.5. The number of amides is 1. The molecule has 0 unspecified atom stereocenters. The first kappa shape index (κ1) is 15.2. The van der Waals surface area contributed by atoms with Crippen LogP contribution in [-0.4, -0.2) is 53.4 Å². The van der Waals surface area contributed by atoms with Crippen LogP contribution in [0.5, 0.6) is 0 Å². The zero-order chi connectivity index (χ0) is 15.2. The van der Waals surface area contributed by atoms with Crippen molar-refractivity contribution in [2.45, 2.75) is 12.7 Å². The third-order valence-corrected chi connectivity index (χ3v) is 3.11. The first-order valence-corrected chi connectivity index (χ1v) is 6.47. The summed E-state index contributed by atoms with van der Waals surface area (Å²) in [6, 6.07) is 5.81. The molecule has 1 aliphatic rings. The number of hydrogen-bond donors (Lipinski definition) is 1. The Morgan fingerprint density at radius 2 is 2.19 bits per heavy atom. The summed E-state index contributed by atoms with van der Waals surface area (Å²) in [5.74, 6) is 0. The van der Waals surface area contributed by atoms with Crippen LogP contribution in [-0.2, 0) is 16.1 Å². The Hall–Kier alpha value is -2.19. The number of aliphatic hydroxyl groups is 1. The Bertz CT molecular complexity index is 504. The number of non-ortho nitro benzene ring substituents is 1. The van der Waals surface area contributed by atoms with Crippen molar-refractivity contribution in [2.24, 2.45) is 0 Å². The molecule has 1 aromatic rings. The smallest absolute Gasteiger partial charge is 0.410 e. The summed E-state index contributed by atoms with van der Waals surface area (Å²) in [5.41, 5.74) is 0.657. The van der Waals surface area contributed by atoms with Crippen molar-refractivity contribution >= 4 is 11.8 Å². The summed E-state index contributed by atoms with van der Waals surface area (Å²) in [6.45, 7) is 0.952. The number of ether oxygens (including phenoxy) is 2. The largest absolute Gasteiger partial charge is 0.445 e. The second-order valence-corrected chi connectivity index (χ2v) is 4.60. The monoisotopic (exact) mass is 296 g/mol. The lowest BCUT2D eigenvalue weighted by molar-refractivity contribution is -0.384. The molecule has 0 spiro atoms. The first-order valence-electron chi connectivity index (χ1n) is 6.47. The van der Waals surface area contributed by atoms with Gasteiger partial charge >= 0.3 is 6.09 Å². The number of carbonyl (C=O) groups is 1. The van der Waals surface area contributed by atoms with Crippen LogP contribution in [0.3, 0.4) is 0 Å². The maximum Gasteiger partial charge on any atom is 0.410 e. The van der Waals surface area contributed by atoms with Crippen LogP contribution in [0.2, 0.25) is 0 Å². The van der Waals surface area contributed by atoms with Gasteiger partial charge in [0, 0.05) is 18.7 Å². The number of hydrogen-bond acceptors (Lipinski definition) is 6. The zero-order valence-corrected chi connectivity index (χ0v) is 11.3. The molecule has 1 heterocycles. The summed E-state index contributed by atoms with van der Waals surface area (Å²) in [6.07, 6.45) is -0.874. The predicted molar refractivity (Wildman–Crippen MR) is 71.7 cm³/mol. The average Bonchev–Trinajstić information content (AvgIpc) is 2.53. The number of nitrogens with zero attached hydrogens (tertiary/aromatic N) is 2. The first-order chi connectivity index (χ1) is 10.1. The van der Waals surface area contributed by atoms with Gasteiger partial charge in [-0.25, -0.2) is 4.79 Å². The molecule has 8 nitrogen and oxygen atoms in total. The van der Waals surface area contributed by atoms with E-state index in [1.807, 2.05) is 0 Å². The van der Waals surface area contributed by atoms with Crippen molar-refractivity contribution in [3.63, 3.8) is 0 Å². The van der Waals surface area contributed by atoms with E-state index in [0.717, 1.165) is 0 Å². The highest BCUT2D eigenvalue weighted by Crippen LogP contribution is 2.13. The number of benzene rings is 1. The quantitative estimate of drug-likeness (QED) is 0.655. The van der Waals surface area contributed by atoms with Crippen LogP contribution < -0.4 is 0 Å². The summed E-state index contributed by atoms with van der Waals surface area (Å²) in [4.78, 5) is 23.4. The lowest BCUT2D eigenvalue weighted by atomic mass is 10.2. The Balaban J connectivity index is 1.84. The van der Waals surface area contributed by atoms with E-state index >= 15 is 0 Å². The fourth-order valence-electron chi connectivity index (χ4n) is 1.95. The molecule has 2 rings (SSSR count). The van der Waals surface area contributed by atoms with E-state index in [-0.39, 0.29) is 31.5 Å². The lowest BCUT2D eigenvalue weighted by Gasteiger charge is -2.31. The number of aliphatic hydroxyl groups excluding tert-OH is 1. The van der Waals surface area contributed by atoms with Crippen molar-refractivity contribution < 1.29 is 24.3 Å². The van der Waals surface area contributed by atoms with Crippen LogP contribution in [0.15, 0.2) is 24.3 Å². The van der Waals surface area contributed by atoms with Gasteiger partial charge in [0.1, 0.15) is 6.61 Å². The molecule has 1 aliphatic heterocycles. The van der Waals surface area contributed by atoms with Gasteiger partial charge in [-0.3, -0.25) is 10.1 Å². The molecule has 1 amide bonds. The van der Waals surface area contributed by atoms with Crippen molar-refractivity contribution in [3.8, 4) is 0 Å². The van der Waals surface area contributed by atoms with Crippen LogP contribution in [0.4, 0.5) is 10.5 Å². The molecule has 8 heteroatoms. The Morgan fingerprint density at radius 3 is 2.81 bits per heavy atom. The van der Waals surface area contributed by atoms with Gasteiger partial charge in [-0.1, -0.05) is 0 Å². The molecule has 1 saturated heterocycles. The van der Waals surface area contributed by atoms with Gasteiger partial charge in [-0.2, -0.15) is 0 Å². The van der Waals surface area contributed by atoms with Gasteiger partial charge in [-0.05, 0) is 17.7 Å². The minimum Gasteiger partial charge on any atom is -0.445 e. The highest BCUT2D eigenvalue weighted by Gasteiger charge is 2.24. The number of morpholine rings is 1. The lowest BCUT2D eigenvalue weighted by Crippen LogP contribution is -2.47. The zero-order valence-electron chi connectivity index (χ0n) is 11.3. The Kier molecular flexibility index (Phi) is 5.07. The van der Waals surface area contributed by atoms with E-state index in [9.17, 15) is 14.9 Å². The fraction of sp³-hybridized carbons (Fsp3) is 0.462. The van der Waals surface area contributed by atoms with E-state index in [2.05, 4.69) is 0 Å². The van der Waals surface area contributed by atoms with E-state index in [0.29, 0.717) is 18.7 Å². The van der Waals surface area contributed by atoms with Crippen molar-refractivity contribution in [1.29, 1.82) is 0 Å². The normalized spacial score (nSPS) is 18.3. The number of nitro benzene ring substituents is 1. The molecular weight excluding hydrogens is 280 g/mol. The third kappa shape index (κ3) is 4.14. The van der Waals surface area contributed by atoms with Crippen LogP contribution in [0.25, 0.3) is 0 Å². The second-order valence-electron chi connectivity index (χ2n) is 4.60. The van der Waals surface area contributed by atoms with Crippen LogP contribution >= 0.6 is 0 Å². The van der Waals surface area contributed by atoms with Crippen molar-refractivity contribution in [1.82, 2.24) is 4.90 Å². The highest BCUT2D eigenvalue weighted by molar-refractivity contribution is 5.67. The van der Waals surface area contributed by atoms with Gasteiger partial charge < -0.3 is 19.5 Å². The molecule has 0 saturated carbocycles. The topological polar surface area (TPSA) is 102 Å². The van der Waals surface area contributed by atoms with Crippen molar-refractivity contribution in [2.75, 3.05) is 26.3 Å². The van der Waals surface area contributed by atoms with E-state index in [1.54, 1.807) is 12.1 Å². The molecule has 0 aliphatic carbocycles. The van der Waals surface area contributed by atoms with Gasteiger partial charge in [0.05, 0.1) is 30.8 Å². The minimum absolute atomic E-state index is 0.0101. The molecule has 0 radical (unpaired) electrons. The van der Waals surface area contributed by atoms with Gasteiger partial charge in [-0.15, -0.1) is 0 Å². The predicted octanol–water partition coefficient (Wildman–Crippen LogP) is 0.924. The number of carbonyl (C=O) groups excluding carboxylic acids is 1. The minimum atomic E-state index is -0.491. The Morgan fingerprint density at radius 1 is 1.48 bits per heavy atom. The van der Waals surface area contributed by atoms with E-state index in [1.165, 1.54) is 17.0 Å². The maximum atomic E-state index is 11.9. The number of rotatable bonds is 4. The third-order valence-electron chi connectivity index (χ3n) is 3.11. The molecule has 1 fully saturated rings. The molecule has 0 aromatic heterocycles. The average molecular weight is 296 g/mol. The van der Waals surface area contributed by atoms with Crippen molar-refractivity contribution in [3.05, 3.63) is 39.9 Å². The van der Waals surface area contributed by atoms with Gasteiger partial charge in [0.2, 0.25) is 0 Å². The maximum absolute atomic E-state index is 11.9. The van der Waals surface area contributed by atoms with E-state index < -0.39 is 11.0 Å². The van der Waals surface area contributed by atoms with Gasteiger partial charge in [0.25, 0.3) is 5.69 Å². The summed E-state index contributed by atoms with van der Waals surface area (Å²) >= 11 is 0. The molecule has 21 heavy (non-hydrogen) atoms. The second kappa shape index (κ2) is 7.00. The standard InChI is InChI=1S/C13H16N2O6/c16-8-12-7-14(5-6-20-12)13(17)21-9-10-1-3-11(4-2-10)15(18)19/h1-4,12,16H,5-9H2/t12-/m0/s1.